The quantitative estimate of drug-likeness (QED) is 0.611. The molecule has 0 radical (unpaired) electrons. The lowest BCUT2D eigenvalue weighted by Crippen LogP contribution is -2.38. The Hall–Kier alpha value is -0.220. The minimum Gasteiger partial charge on any atom is -0.468 e. The third-order valence-corrected chi connectivity index (χ3v) is 3.36. The van der Waals surface area contributed by atoms with Crippen molar-refractivity contribution < 1.29 is 9.53 Å². The summed E-state index contributed by atoms with van der Waals surface area (Å²) in [6.07, 6.45) is 2.82. The Bertz CT molecular complexity index is 155. The van der Waals surface area contributed by atoms with Crippen molar-refractivity contribution in [3.8, 4) is 0 Å². The van der Waals surface area contributed by atoms with Gasteiger partial charge in [0.1, 0.15) is 4.75 Å². The summed E-state index contributed by atoms with van der Waals surface area (Å²) >= 11 is 1.58. The molecule has 0 aromatic heterocycles. The van der Waals surface area contributed by atoms with Crippen molar-refractivity contribution in [2.75, 3.05) is 26.5 Å². The molecule has 1 N–H and O–H groups in total. The highest BCUT2D eigenvalue weighted by molar-refractivity contribution is 8.00. The van der Waals surface area contributed by atoms with E-state index in [2.05, 4.69) is 5.32 Å². The van der Waals surface area contributed by atoms with Crippen molar-refractivity contribution in [2.45, 2.75) is 11.2 Å². The van der Waals surface area contributed by atoms with E-state index in [1.807, 2.05) is 6.26 Å². The van der Waals surface area contributed by atoms with Gasteiger partial charge in [0.2, 0.25) is 0 Å². The molecule has 4 heteroatoms. The second kappa shape index (κ2) is 3.45. The summed E-state index contributed by atoms with van der Waals surface area (Å²) in [5.74, 6) is -0.102. The molecule has 1 heterocycles. The molecule has 11 heavy (non-hydrogen) atoms. The van der Waals surface area contributed by atoms with Gasteiger partial charge in [0, 0.05) is 6.54 Å². The normalized spacial score (nSPS) is 30.4. The number of esters is 1. The summed E-state index contributed by atoms with van der Waals surface area (Å²) in [6.45, 7) is 1.65. The van der Waals surface area contributed by atoms with E-state index in [-0.39, 0.29) is 10.7 Å². The van der Waals surface area contributed by atoms with Crippen LogP contribution in [0.1, 0.15) is 6.42 Å². The molecule has 0 aliphatic carbocycles. The average Bonchev–Trinajstić information content (AvgIpc) is 2.52. The van der Waals surface area contributed by atoms with Gasteiger partial charge in [-0.3, -0.25) is 4.79 Å². The molecule has 1 atom stereocenters. The van der Waals surface area contributed by atoms with Crippen LogP contribution in [0.5, 0.6) is 0 Å². The maximum atomic E-state index is 11.3. The van der Waals surface area contributed by atoms with Crippen LogP contribution in [0.3, 0.4) is 0 Å². The molecule has 0 aromatic rings. The molecule has 3 nitrogen and oxygen atoms in total. The predicted octanol–water partition coefficient (Wildman–Crippen LogP) is 0.254. The lowest BCUT2D eigenvalue weighted by Gasteiger charge is -2.21. The van der Waals surface area contributed by atoms with Crippen LogP contribution in [-0.4, -0.2) is 37.2 Å². The first kappa shape index (κ1) is 8.87. The largest absolute Gasteiger partial charge is 0.468 e. The SMILES string of the molecule is COC(=O)[C@@]1(SC)CCNC1. The third-order valence-electron chi connectivity index (χ3n) is 2.06. The van der Waals surface area contributed by atoms with Crippen LogP contribution in [0.25, 0.3) is 0 Å². The van der Waals surface area contributed by atoms with Crippen molar-refractivity contribution in [1.29, 1.82) is 0 Å². The topological polar surface area (TPSA) is 38.3 Å². The van der Waals surface area contributed by atoms with Gasteiger partial charge in [-0.15, -0.1) is 11.8 Å². The number of ether oxygens (including phenoxy) is 1. The Kier molecular flexibility index (Phi) is 2.78. The molecule has 0 saturated carbocycles. The van der Waals surface area contributed by atoms with Gasteiger partial charge in [-0.05, 0) is 19.2 Å². The van der Waals surface area contributed by atoms with E-state index in [0.717, 1.165) is 19.5 Å². The van der Waals surface area contributed by atoms with Crippen LogP contribution in [0, 0.1) is 0 Å². The molecular formula is C7H13NO2S. The van der Waals surface area contributed by atoms with Gasteiger partial charge in [-0.1, -0.05) is 0 Å². The van der Waals surface area contributed by atoms with Crippen molar-refractivity contribution in [3.05, 3.63) is 0 Å². The zero-order valence-corrected chi connectivity index (χ0v) is 7.66. The smallest absolute Gasteiger partial charge is 0.323 e. The maximum absolute atomic E-state index is 11.3. The number of hydrogen-bond acceptors (Lipinski definition) is 4. The van der Waals surface area contributed by atoms with Crippen LogP contribution in [-0.2, 0) is 9.53 Å². The van der Waals surface area contributed by atoms with Crippen LogP contribution in [0.15, 0.2) is 0 Å². The molecule has 1 aliphatic rings. The van der Waals surface area contributed by atoms with Crippen molar-refractivity contribution in [1.82, 2.24) is 5.32 Å². The predicted molar refractivity (Wildman–Crippen MR) is 45.7 cm³/mol. The van der Waals surface area contributed by atoms with Crippen LogP contribution < -0.4 is 5.32 Å². The first-order valence-corrected chi connectivity index (χ1v) is 4.82. The summed E-state index contributed by atoms with van der Waals surface area (Å²) in [4.78, 5) is 11.3. The van der Waals surface area contributed by atoms with E-state index in [0.29, 0.717) is 0 Å². The third kappa shape index (κ3) is 1.51. The highest BCUT2D eigenvalue weighted by Crippen LogP contribution is 2.30. The molecule has 1 saturated heterocycles. The van der Waals surface area contributed by atoms with Gasteiger partial charge >= 0.3 is 5.97 Å². The average molecular weight is 175 g/mol. The Labute approximate surface area is 70.9 Å². The van der Waals surface area contributed by atoms with Crippen LogP contribution >= 0.6 is 11.8 Å². The summed E-state index contributed by atoms with van der Waals surface area (Å²) in [7, 11) is 1.44. The fraction of sp³-hybridized carbons (Fsp3) is 0.857. The Morgan fingerprint density at radius 1 is 1.73 bits per heavy atom. The van der Waals surface area contributed by atoms with Gasteiger partial charge in [0.25, 0.3) is 0 Å². The lowest BCUT2D eigenvalue weighted by atomic mass is 10.1. The van der Waals surface area contributed by atoms with Crippen LogP contribution in [0.2, 0.25) is 0 Å². The maximum Gasteiger partial charge on any atom is 0.323 e. The van der Waals surface area contributed by atoms with Gasteiger partial charge in [0.15, 0.2) is 0 Å². The number of hydrogen-bond donors (Lipinski definition) is 1. The highest BCUT2D eigenvalue weighted by Gasteiger charge is 2.41. The van der Waals surface area contributed by atoms with Gasteiger partial charge in [-0.25, -0.2) is 0 Å². The number of carbonyl (C=O) groups is 1. The summed E-state index contributed by atoms with van der Waals surface area (Å²) in [5.41, 5.74) is 0. The van der Waals surface area contributed by atoms with Crippen molar-refractivity contribution in [3.63, 3.8) is 0 Å². The second-order valence-electron chi connectivity index (χ2n) is 2.62. The minimum atomic E-state index is -0.311. The van der Waals surface area contributed by atoms with E-state index in [1.54, 1.807) is 11.8 Å². The molecular weight excluding hydrogens is 162 g/mol. The molecule has 0 unspecified atom stereocenters. The molecule has 1 fully saturated rings. The van der Waals surface area contributed by atoms with Gasteiger partial charge in [0.05, 0.1) is 7.11 Å². The number of methoxy groups -OCH3 is 1. The zero-order valence-electron chi connectivity index (χ0n) is 6.85. The summed E-state index contributed by atoms with van der Waals surface area (Å²) in [6, 6.07) is 0. The van der Waals surface area contributed by atoms with E-state index in [4.69, 9.17) is 4.74 Å². The van der Waals surface area contributed by atoms with Gasteiger partial charge < -0.3 is 10.1 Å². The fourth-order valence-corrected chi connectivity index (χ4v) is 2.09. The fourth-order valence-electron chi connectivity index (χ4n) is 1.29. The van der Waals surface area contributed by atoms with Crippen LogP contribution in [0.4, 0.5) is 0 Å². The number of thioether (sulfide) groups is 1. The van der Waals surface area contributed by atoms with Crippen molar-refractivity contribution >= 4 is 17.7 Å². The highest BCUT2D eigenvalue weighted by atomic mass is 32.2. The van der Waals surface area contributed by atoms with E-state index >= 15 is 0 Å². The zero-order chi connectivity index (χ0) is 8.32. The molecule has 64 valence electrons. The standard InChI is InChI=1S/C7H13NO2S/c1-10-6(9)7(11-2)3-4-8-5-7/h8H,3-5H2,1-2H3/t7-/m1/s1. The molecule has 0 aromatic carbocycles. The second-order valence-corrected chi connectivity index (χ2v) is 3.81. The molecule has 0 bridgehead atoms. The Balaban J connectivity index is 2.66. The van der Waals surface area contributed by atoms with E-state index < -0.39 is 0 Å². The summed E-state index contributed by atoms with van der Waals surface area (Å²) < 4.78 is 4.42. The van der Waals surface area contributed by atoms with Gasteiger partial charge in [-0.2, -0.15) is 0 Å². The van der Waals surface area contributed by atoms with E-state index in [9.17, 15) is 4.79 Å². The molecule has 0 spiro atoms. The minimum absolute atomic E-state index is 0.102. The first-order chi connectivity index (χ1) is 5.25. The summed E-state index contributed by atoms with van der Waals surface area (Å²) in [5, 5.41) is 3.16. The molecule has 1 aliphatic heterocycles. The molecule has 1 rings (SSSR count). The number of rotatable bonds is 2. The Morgan fingerprint density at radius 3 is 2.82 bits per heavy atom. The van der Waals surface area contributed by atoms with Crippen molar-refractivity contribution in [2.24, 2.45) is 0 Å². The lowest BCUT2D eigenvalue weighted by molar-refractivity contribution is -0.142. The Morgan fingerprint density at radius 2 is 2.45 bits per heavy atom. The first-order valence-electron chi connectivity index (χ1n) is 3.59. The number of carbonyl (C=O) groups excluding carboxylic acids is 1. The monoisotopic (exact) mass is 175 g/mol. The van der Waals surface area contributed by atoms with E-state index in [1.165, 1.54) is 7.11 Å². The number of nitrogens with one attached hydrogen (secondary N) is 1. The molecule has 0 amide bonds.